The number of aromatic amines is 1. The summed E-state index contributed by atoms with van der Waals surface area (Å²) >= 11 is 0. The number of hydrogen-bond donors (Lipinski definition) is 2. The van der Waals surface area contributed by atoms with Gasteiger partial charge >= 0.3 is 0 Å². The predicted octanol–water partition coefficient (Wildman–Crippen LogP) is 0.351. The number of nitrogens with one attached hydrogen (secondary N) is 2. The molecule has 1 aromatic heterocycles. The quantitative estimate of drug-likeness (QED) is 0.730. The van der Waals surface area contributed by atoms with Crippen LogP contribution in [0.5, 0.6) is 0 Å². The minimum absolute atomic E-state index is 0.193. The molecule has 1 heterocycles. The number of H-pyrrole nitrogens is 1. The number of amides is 1. The summed E-state index contributed by atoms with van der Waals surface area (Å²) in [7, 11) is 1.70. The zero-order valence-electron chi connectivity index (χ0n) is 9.32. The van der Waals surface area contributed by atoms with Crippen LogP contribution in [0.25, 0.3) is 0 Å². The molecule has 0 spiro atoms. The van der Waals surface area contributed by atoms with Crippen molar-refractivity contribution in [1.82, 2.24) is 20.5 Å². The molecular formula is C10H16N4O2. The van der Waals surface area contributed by atoms with Crippen molar-refractivity contribution in [1.29, 1.82) is 0 Å². The molecular weight excluding hydrogens is 208 g/mol. The van der Waals surface area contributed by atoms with Crippen LogP contribution in [0.15, 0.2) is 6.33 Å². The Morgan fingerprint density at radius 2 is 2.50 bits per heavy atom. The Hall–Kier alpha value is -1.43. The summed E-state index contributed by atoms with van der Waals surface area (Å²) in [6.45, 7) is 1.44. The van der Waals surface area contributed by atoms with E-state index < -0.39 is 0 Å². The number of nitrogens with zero attached hydrogens (tertiary/aromatic N) is 2. The molecule has 6 heteroatoms. The first-order valence-electron chi connectivity index (χ1n) is 5.38. The summed E-state index contributed by atoms with van der Waals surface area (Å²) in [5.74, 6) is 0.0729. The van der Waals surface area contributed by atoms with Crippen LogP contribution in [0, 0.1) is 5.41 Å². The van der Waals surface area contributed by atoms with Gasteiger partial charge in [0.05, 0.1) is 0 Å². The van der Waals surface area contributed by atoms with Gasteiger partial charge in [0.1, 0.15) is 6.33 Å². The molecule has 0 unspecified atom stereocenters. The Morgan fingerprint density at radius 1 is 1.69 bits per heavy atom. The zero-order chi connectivity index (χ0) is 11.4. The average molecular weight is 224 g/mol. The van der Waals surface area contributed by atoms with E-state index in [2.05, 4.69) is 20.5 Å². The second-order valence-electron chi connectivity index (χ2n) is 4.26. The van der Waals surface area contributed by atoms with Gasteiger partial charge in [-0.25, -0.2) is 4.98 Å². The van der Waals surface area contributed by atoms with E-state index in [1.807, 2.05) is 0 Å². The van der Waals surface area contributed by atoms with Gasteiger partial charge in [0.2, 0.25) is 5.82 Å². The highest BCUT2D eigenvalue weighted by molar-refractivity contribution is 5.90. The Morgan fingerprint density at radius 3 is 3.06 bits per heavy atom. The molecule has 0 aromatic carbocycles. The highest BCUT2D eigenvalue weighted by Crippen LogP contribution is 2.48. The number of carbonyl (C=O) groups excluding carboxylic acids is 1. The molecule has 88 valence electrons. The van der Waals surface area contributed by atoms with Crippen LogP contribution in [0.3, 0.4) is 0 Å². The van der Waals surface area contributed by atoms with E-state index in [1.54, 1.807) is 7.11 Å². The topological polar surface area (TPSA) is 79.9 Å². The first-order valence-corrected chi connectivity index (χ1v) is 5.38. The Labute approximate surface area is 93.8 Å². The monoisotopic (exact) mass is 224 g/mol. The lowest BCUT2D eigenvalue weighted by atomic mass is 10.0. The molecule has 1 amide bonds. The summed E-state index contributed by atoms with van der Waals surface area (Å²) in [6.07, 6.45) is 4.65. The standard InChI is InChI=1S/C10H16N4O2/c1-16-5-4-10(2-3-10)6-11-9(15)8-12-7-13-14-8/h7H,2-6H2,1H3,(H,11,15)(H,12,13,14). The fourth-order valence-corrected chi connectivity index (χ4v) is 1.68. The molecule has 6 nitrogen and oxygen atoms in total. The highest BCUT2D eigenvalue weighted by atomic mass is 16.5. The molecule has 16 heavy (non-hydrogen) atoms. The number of rotatable bonds is 6. The molecule has 1 aliphatic carbocycles. The van der Waals surface area contributed by atoms with Crippen LogP contribution in [0.4, 0.5) is 0 Å². The third kappa shape index (κ3) is 2.57. The minimum atomic E-state index is -0.193. The third-order valence-corrected chi connectivity index (χ3v) is 3.05. The largest absolute Gasteiger partial charge is 0.385 e. The summed E-state index contributed by atoms with van der Waals surface area (Å²) in [6, 6.07) is 0. The van der Waals surface area contributed by atoms with Crippen molar-refractivity contribution in [2.24, 2.45) is 5.41 Å². The van der Waals surface area contributed by atoms with Gasteiger partial charge in [-0.1, -0.05) is 0 Å². The second-order valence-corrected chi connectivity index (χ2v) is 4.26. The SMILES string of the molecule is COCCC1(CNC(=O)c2ncn[nH]2)CC1. The van der Waals surface area contributed by atoms with E-state index in [0.717, 1.165) is 25.9 Å². The van der Waals surface area contributed by atoms with Crippen molar-refractivity contribution < 1.29 is 9.53 Å². The summed E-state index contributed by atoms with van der Waals surface area (Å²) in [4.78, 5) is 15.4. The van der Waals surface area contributed by atoms with Gasteiger partial charge in [-0.15, -0.1) is 0 Å². The fraction of sp³-hybridized carbons (Fsp3) is 0.700. The smallest absolute Gasteiger partial charge is 0.288 e. The Balaban J connectivity index is 1.77. The molecule has 1 saturated carbocycles. The first-order chi connectivity index (χ1) is 7.76. The van der Waals surface area contributed by atoms with E-state index in [-0.39, 0.29) is 17.1 Å². The molecule has 0 radical (unpaired) electrons. The minimum Gasteiger partial charge on any atom is -0.385 e. The number of ether oxygens (including phenoxy) is 1. The molecule has 0 aliphatic heterocycles. The number of methoxy groups -OCH3 is 1. The maximum absolute atomic E-state index is 11.6. The third-order valence-electron chi connectivity index (χ3n) is 3.05. The lowest BCUT2D eigenvalue weighted by Crippen LogP contribution is -2.31. The van der Waals surface area contributed by atoms with Gasteiger partial charge in [0.15, 0.2) is 0 Å². The van der Waals surface area contributed by atoms with Crippen molar-refractivity contribution in [3.8, 4) is 0 Å². The maximum Gasteiger partial charge on any atom is 0.288 e. The zero-order valence-corrected chi connectivity index (χ0v) is 9.32. The van der Waals surface area contributed by atoms with Crippen LogP contribution >= 0.6 is 0 Å². The molecule has 1 fully saturated rings. The normalized spacial score (nSPS) is 17.1. The summed E-state index contributed by atoms with van der Waals surface area (Å²) in [5.41, 5.74) is 0.256. The van der Waals surface area contributed by atoms with Crippen molar-refractivity contribution in [2.45, 2.75) is 19.3 Å². The van der Waals surface area contributed by atoms with Crippen molar-refractivity contribution >= 4 is 5.91 Å². The number of carbonyl (C=O) groups is 1. The fourth-order valence-electron chi connectivity index (χ4n) is 1.68. The van der Waals surface area contributed by atoms with Gasteiger partial charge < -0.3 is 10.1 Å². The first kappa shape index (κ1) is 11.1. The van der Waals surface area contributed by atoms with E-state index >= 15 is 0 Å². The average Bonchev–Trinajstić information content (AvgIpc) is 2.85. The van der Waals surface area contributed by atoms with Crippen LogP contribution in [0.2, 0.25) is 0 Å². The molecule has 2 N–H and O–H groups in total. The van der Waals surface area contributed by atoms with Gasteiger partial charge in [0.25, 0.3) is 5.91 Å². The summed E-state index contributed by atoms with van der Waals surface area (Å²) < 4.78 is 5.06. The van der Waals surface area contributed by atoms with Gasteiger partial charge in [0, 0.05) is 20.3 Å². The van der Waals surface area contributed by atoms with Crippen LogP contribution in [0.1, 0.15) is 29.9 Å². The lowest BCUT2D eigenvalue weighted by Gasteiger charge is -2.14. The molecule has 1 aromatic rings. The van der Waals surface area contributed by atoms with E-state index in [0.29, 0.717) is 6.54 Å². The number of hydrogen-bond acceptors (Lipinski definition) is 4. The Kier molecular flexibility index (Phi) is 3.19. The van der Waals surface area contributed by atoms with E-state index in [9.17, 15) is 4.79 Å². The van der Waals surface area contributed by atoms with Crippen LogP contribution in [-0.2, 0) is 4.74 Å². The van der Waals surface area contributed by atoms with Gasteiger partial charge in [-0.3, -0.25) is 9.89 Å². The van der Waals surface area contributed by atoms with Crippen molar-refractivity contribution in [2.75, 3.05) is 20.3 Å². The molecule has 0 saturated heterocycles. The van der Waals surface area contributed by atoms with Crippen molar-refractivity contribution in [3.63, 3.8) is 0 Å². The molecule has 1 aliphatic rings. The molecule has 0 atom stereocenters. The highest BCUT2D eigenvalue weighted by Gasteiger charge is 2.42. The van der Waals surface area contributed by atoms with Crippen LogP contribution in [-0.4, -0.2) is 41.3 Å². The molecule has 0 bridgehead atoms. The second kappa shape index (κ2) is 4.61. The Bertz CT molecular complexity index is 346. The maximum atomic E-state index is 11.6. The van der Waals surface area contributed by atoms with Crippen LogP contribution < -0.4 is 5.32 Å². The predicted molar refractivity (Wildman–Crippen MR) is 56.9 cm³/mol. The lowest BCUT2D eigenvalue weighted by molar-refractivity contribution is 0.0928. The van der Waals surface area contributed by atoms with Gasteiger partial charge in [-0.05, 0) is 24.7 Å². The van der Waals surface area contributed by atoms with E-state index in [1.165, 1.54) is 6.33 Å². The van der Waals surface area contributed by atoms with Crippen molar-refractivity contribution in [3.05, 3.63) is 12.2 Å². The number of aromatic nitrogens is 3. The molecule has 2 rings (SSSR count). The summed E-state index contributed by atoms with van der Waals surface area (Å²) in [5, 5.41) is 9.04. The van der Waals surface area contributed by atoms with E-state index in [4.69, 9.17) is 4.74 Å². The van der Waals surface area contributed by atoms with Gasteiger partial charge in [-0.2, -0.15) is 5.10 Å².